The van der Waals surface area contributed by atoms with Gasteiger partial charge in [0.25, 0.3) is 0 Å². The van der Waals surface area contributed by atoms with Crippen LogP contribution < -0.4 is 5.32 Å². The summed E-state index contributed by atoms with van der Waals surface area (Å²) < 4.78 is 1.90. The van der Waals surface area contributed by atoms with Gasteiger partial charge in [-0.05, 0) is 35.9 Å². The summed E-state index contributed by atoms with van der Waals surface area (Å²) in [5.41, 5.74) is 4.02. The number of nitriles is 1. The minimum atomic E-state index is 0.695. The van der Waals surface area contributed by atoms with Crippen molar-refractivity contribution in [2.75, 3.05) is 6.54 Å². The van der Waals surface area contributed by atoms with Gasteiger partial charge in [0.2, 0.25) is 0 Å². The van der Waals surface area contributed by atoms with E-state index in [0.717, 1.165) is 30.9 Å². The first-order chi connectivity index (χ1) is 11.3. The summed E-state index contributed by atoms with van der Waals surface area (Å²) in [6.07, 6.45) is 2.88. The molecule has 0 aliphatic rings. The molecule has 0 atom stereocenters. The summed E-state index contributed by atoms with van der Waals surface area (Å²) in [5, 5.41) is 16.8. The van der Waals surface area contributed by atoms with Crippen molar-refractivity contribution in [3.05, 3.63) is 83.7 Å². The number of aromatic nitrogens is 2. The molecule has 1 heterocycles. The number of hydrogen-bond acceptors (Lipinski definition) is 3. The van der Waals surface area contributed by atoms with Gasteiger partial charge in [0, 0.05) is 25.7 Å². The van der Waals surface area contributed by atoms with E-state index in [1.54, 1.807) is 0 Å². The highest BCUT2D eigenvalue weighted by molar-refractivity contribution is 5.32. The average molecular weight is 302 g/mol. The van der Waals surface area contributed by atoms with Crippen LogP contribution in [0.5, 0.6) is 0 Å². The third-order valence-electron chi connectivity index (χ3n) is 3.64. The maximum atomic E-state index is 8.78. The van der Waals surface area contributed by atoms with Gasteiger partial charge in [-0.1, -0.05) is 30.3 Å². The van der Waals surface area contributed by atoms with Crippen molar-refractivity contribution >= 4 is 0 Å². The molecule has 2 aromatic carbocycles. The van der Waals surface area contributed by atoms with Crippen LogP contribution in [-0.2, 0) is 13.0 Å². The van der Waals surface area contributed by atoms with Crippen molar-refractivity contribution in [2.24, 2.45) is 0 Å². The number of hydrogen-bond donors (Lipinski definition) is 1. The Hall–Kier alpha value is -2.90. The van der Waals surface area contributed by atoms with E-state index in [1.807, 2.05) is 65.5 Å². The summed E-state index contributed by atoms with van der Waals surface area (Å²) in [5.74, 6) is 0. The predicted octanol–water partition coefficient (Wildman–Crippen LogP) is 3.08. The fourth-order valence-electron chi connectivity index (χ4n) is 2.37. The van der Waals surface area contributed by atoms with Crippen molar-refractivity contribution in [3.63, 3.8) is 0 Å². The Bertz CT molecular complexity index is 782. The SMILES string of the molecule is N#Cc1ccc(CNCCc2ccn(-c3ccccc3)n2)cc1. The molecule has 0 spiro atoms. The lowest BCUT2D eigenvalue weighted by atomic mass is 10.1. The van der Waals surface area contributed by atoms with E-state index in [-0.39, 0.29) is 0 Å². The van der Waals surface area contributed by atoms with E-state index in [4.69, 9.17) is 5.26 Å². The Morgan fingerprint density at radius 2 is 1.78 bits per heavy atom. The topological polar surface area (TPSA) is 53.6 Å². The van der Waals surface area contributed by atoms with Crippen LogP contribution in [0.25, 0.3) is 5.69 Å². The third kappa shape index (κ3) is 4.06. The van der Waals surface area contributed by atoms with Crippen LogP contribution in [0.3, 0.4) is 0 Å². The highest BCUT2D eigenvalue weighted by atomic mass is 15.3. The van der Waals surface area contributed by atoms with Crippen LogP contribution in [0.4, 0.5) is 0 Å². The molecule has 1 aromatic heterocycles. The van der Waals surface area contributed by atoms with Crippen LogP contribution in [0.1, 0.15) is 16.8 Å². The second kappa shape index (κ2) is 7.39. The third-order valence-corrected chi connectivity index (χ3v) is 3.64. The van der Waals surface area contributed by atoms with Gasteiger partial charge in [0.15, 0.2) is 0 Å². The number of nitrogens with zero attached hydrogens (tertiary/aromatic N) is 3. The maximum Gasteiger partial charge on any atom is 0.0991 e. The first-order valence-corrected chi connectivity index (χ1v) is 7.65. The smallest absolute Gasteiger partial charge is 0.0991 e. The average Bonchev–Trinajstić information content (AvgIpc) is 3.09. The second-order valence-corrected chi connectivity index (χ2v) is 5.32. The summed E-state index contributed by atoms with van der Waals surface area (Å²) in [6.45, 7) is 1.66. The Morgan fingerprint density at radius 1 is 1.00 bits per heavy atom. The van der Waals surface area contributed by atoms with E-state index in [1.165, 1.54) is 5.56 Å². The number of nitrogens with one attached hydrogen (secondary N) is 1. The highest BCUT2D eigenvalue weighted by Gasteiger charge is 2.01. The van der Waals surface area contributed by atoms with Gasteiger partial charge in [-0.15, -0.1) is 0 Å². The van der Waals surface area contributed by atoms with Gasteiger partial charge >= 0.3 is 0 Å². The Kier molecular flexibility index (Phi) is 4.82. The molecule has 0 aliphatic carbocycles. The summed E-state index contributed by atoms with van der Waals surface area (Å²) >= 11 is 0. The maximum absolute atomic E-state index is 8.78. The van der Waals surface area contributed by atoms with Gasteiger partial charge < -0.3 is 5.32 Å². The van der Waals surface area contributed by atoms with Crippen LogP contribution in [0.15, 0.2) is 66.9 Å². The van der Waals surface area contributed by atoms with Crippen molar-refractivity contribution in [1.29, 1.82) is 5.26 Å². The predicted molar refractivity (Wildman–Crippen MR) is 90.1 cm³/mol. The van der Waals surface area contributed by atoms with Gasteiger partial charge in [0.1, 0.15) is 0 Å². The Labute approximate surface area is 136 Å². The minimum absolute atomic E-state index is 0.695. The van der Waals surface area contributed by atoms with Gasteiger partial charge in [0.05, 0.1) is 23.0 Å². The van der Waals surface area contributed by atoms with Crippen LogP contribution in [0.2, 0.25) is 0 Å². The highest BCUT2D eigenvalue weighted by Crippen LogP contribution is 2.07. The minimum Gasteiger partial charge on any atom is -0.312 e. The molecule has 0 radical (unpaired) electrons. The van der Waals surface area contributed by atoms with E-state index < -0.39 is 0 Å². The molecule has 3 rings (SSSR count). The molecule has 4 nitrogen and oxygen atoms in total. The first kappa shape index (κ1) is 15.0. The zero-order valence-corrected chi connectivity index (χ0v) is 12.8. The molecule has 0 amide bonds. The first-order valence-electron chi connectivity index (χ1n) is 7.65. The quantitative estimate of drug-likeness (QED) is 0.712. The molecule has 0 unspecified atom stereocenters. The summed E-state index contributed by atoms with van der Waals surface area (Å²) in [7, 11) is 0. The van der Waals surface area contributed by atoms with Crippen molar-refractivity contribution in [2.45, 2.75) is 13.0 Å². The van der Waals surface area contributed by atoms with Crippen LogP contribution in [-0.4, -0.2) is 16.3 Å². The number of rotatable bonds is 6. The number of para-hydroxylation sites is 1. The van der Waals surface area contributed by atoms with Crippen molar-refractivity contribution in [1.82, 2.24) is 15.1 Å². The molecule has 0 saturated heterocycles. The molecule has 1 N–H and O–H groups in total. The Morgan fingerprint density at radius 3 is 2.52 bits per heavy atom. The second-order valence-electron chi connectivity index (χ2n) is 5.32. The zero-order chi connectivity index (χ0) is 15.9. The molecule has 0 aliphatic heterocycles. The zero-order valence-electron chi connectivity index (χ0n) is 12.8. The molecule has 0 bridgehead atoms. The molecule has 0 saturated carbocycles. The molecule has 3 aromatic rings. The Balaban J connectivity index is 1.47. The van der Waals surface area contributed by atoms with Crippen LogP contribution >= 0.6 is 0 Å². The van der Waals surface area contributed by atoms with Gasteiger partial charge in [-0.25, -0.2) is 4.68 Å². The monoisotopic (exact) mass is 302 g/mol. The van der Waals surface area contributed by atoms with Gasteiger partial charge in [-0.2, -0.15) is 10.4 Å². The van der Waals surface area contributed by atoms with Crippen molar-refractivity contribution < 1.29 is 0 Å². The fourth-order valence-corrected chi connectivity index (χ4v) is 2.37. The van der Waals surface area contributed by atoms with E-state index >= 15 is 0 Å². The lowest BCUT2D eigenvalue weighted by Crippen LogP contribution is -2.17. The standard InChI is InChI=1S/C19H18N4/c20-14-16-6-8-17(9-7-16)15-21-12-10-18-11-13-23(22-18)19-4-2-1-3-5-19/h1-9,11,13,21H,10,12,15H2. The fraction of sp³-hybridized carbons (Fsp3) is 0.158. The summed E-state index contributed by atoms with van der Waals surface area (Å²) in [4.78, 5) is 0. The molecular formula is C19H18N4. The van der Waals surface area contributed by atoms with E-state index in [0.29, 0.717) is 5.56 Å². The molecular weight excluding hydrogens is 284 g/mol. The molecule has 4 heteroatoms. The lowest BCUT2D eigenvalue weighted by Gasteiger charge is -2.04. The van der Waals surface area contributed by atoms with E-state index in [2.05, 4.69) is 22.6 Å². The summed E-state index contributed by atoms with van der Waals surface area (Å²) in [6, 6.07) is 21.9. The normalized spacial score (nSPS) is 10.4. The van der Waals surface area contributed by atoms with Gasteiger partial charge in [-0.3, -0.25) is 0 Å². The molecule has 0 fully saturated rings. The largest absolute Gasteiger partial charge is 0.312 e. The van der Waals surface area contributed by atoms with Crippen molar-refractivity contribution in [3.8, 4) is 11.8 Å². The molecule has 23 heavy (non-hydrogen) atoms. The van der Waals surface area contributed by atoms with E-state index in [9.17, 15) is 0 Å². The number of benzene rings is 2. The molecule has 114 valence electrons. The lowest BCUT2D eigenvalue weighted by molar-refractivity contribution is 0.674. The van der Waals surface area contributed by atoms with Crippen LogP contribution in [0, 0.1) is 11.3 Å².